The molecule has 150 valence electrons. The normalized spacial score (nSPS) is 10.4. The topological polar surface area (TPSA) is 61.4 Å². The Morgan fingerprint density at radius 2 is 1.82 bits per heavy atom. The molecule has 2 N–H and O–H groups in total. The predicted octanol–water partition coefficient (Wildman–Crippen LogP) is 4.87. The van der Waals surface area contributed by atoms with Gasteiger partial charge in [0.25, 0.3) is 0 Å². The van der Waals surface area contributed by atoms with E-state index in [1.807, 2.05) is 38.1 Å². The van der Waals surface area contributed by atoms with Crippen LogP contribution in [0, 0.1) is 12.7 Å². The number of rotatable bonds is 9. The fourth-order valence-corrected chi connectivity index (χ4v) is 2.77. The minimum Gasteiger partial charge on any atom is -0.356 e. The molecule has 3 amide bonds. The summed E-state index contributed by atoms with van der Waals surface area (Å²) >= 11 is 0. The SMILES string of the molecule is CCCCC(=O)NCCCN(C(=O)Nc1cccc(C)c1)c1ccc(F)cc1. The summed E-state index contributed by atoms with van der Waals surface area (Å²) in [6.07, 6.45) is 2.96. The summed E-state index contributed by atoms with van der Waals surface area (Å²) in [6.45, 7) is 4.88. The monoisotopic (exact) mass is 385 g/mol. The van der Waals surface area contributed by atoms with E-state index in [0.29, 0.717) is 37.3 Å². The van der Waals surface area contributed by atoms with Crippen LogP contribution in [0.25, 0.3) is 0 Å². The summed E-state index contributed by atoms with van der Waals surface area (Å²) in [5.74, 6) is -0.328. The third-order valence-corrected chi connectivity index (χ3v) is 4.29. The molecule has 2 aromatic carbocycles. The number of benzene rings is 2. The average molecular weight is 385 g/mol. The van der Waals surface area contributed by atoms with Crippen molar-refractivity contribution in [2.75, 3.05) is 23.3 Å². The Morgan fingerprint density at radius 1 is 1.07 bits per heavy atom. The maximum absolute atomic E-state index is 13.3. The average Bonchev–Trinajstić information content (AvgIpc) is 2.67. The maximum Gasteiger partial charge on any atom is 0.326 e. The van der Waals surface area contributed by atoms with Crippen molar-refractivity contribution < 1.29 is 14.0 Å². The minimum absolute atomic E-state index is 0.0272. The molecule has 0 saturated heterocycles. The van der Waals surface area contributed by atoms with E-state index in [-0.39, 0.29) is 17.8 Å². The number of urea groups is 1. The molecule has 0 radical (unpaired) electrons. The van der Waals surface area contributed by atoms with Gasteiger partial charge in [-0.05, 0) is 61.7 Å². The van der Waals surface area contributed by atoms with E-state index in [2.05, 4.69) is 10.6 Å². The van der Waals surface area contributed by atoms with Gasteiger partial charge in [0, 0.05) is 30.9 Å². The van der Waals surface area contributed by atoms with Crippen molar-refractivity contribution in [1.82, 2.24) is 5.32 Å². The molecule has 2 rings (SSSR count). The lowest BCUT2D eigenvalue weighted by Crippen LogP contribution is -2.37. The summed E-state index contributed by atoms with van der Waals surface area (Å²) in [7, 11) is 0. The highest BCUT2D eigenvalue weighted by atomic mass is 19.1. The fourth-order valence-electron chi connectivity index (χ4n) is 2.77. The predicted molar refractivity (Wildman–Crippen MR) is 111 cm³/mol. The van der Waals surface area contributed by atoms with Crippen LogP contribution in [0.5, 0.6) is 0 Å². The first-order chi connectivity index (χ1) is 13.5. The molecule has 0 aliphatic carbocycles. The van der Waals surface area contributed by atoms with E-state index in [1.165, 1.54) is 12.1 Å². The molecular formula is C22H28FN3O2. The van der Waals surface area contributed by atoms with Crippen molar-refractivity contribution in [3.8, 4) is 0 Å². The standard InChI is InChI=1S/C22H28FN3O2/c1-3-4-9-21(27)24-14-6-15-26(20-12-10-18(23)11-13-20)22(28)25-19-8-5-7-17(2)16-19/h5,7-8,10-13,16H,3-4,6,9,14-15H2,1-2H3,(H,24,27)(H,25,28). The van der Waals surface area contributed by atoms with Crippen LogP contribution < -0.4 is 15.5 Å². The van der Waals surface area contributed by atoms with Crippen molar-refractivity contribution in [2.45, 2.75) is 39.5 Å². The molecule has 0 atom stereocenters. The van der Waals surface area contributed by atoms with Crippen LogP contribution in [-0.2, 0) is 4.79 Å². The minimum atomic E-state index is -0.356. The summed E-state index contributed by atoms with van der Waals surface area (Å²) in [4.78, 5) is 26.1. The van der Waals surface area contributed by atoms with Gasteiger partial charge in [0.15, 0.2) is 0 Å². The van der Waals surface area contributed by atoms with E-state index in [9.17, 15) is 14.0 Å². The Kier molecular flexibility index (Phi) is 8.46. The number of halogens is 1. The van der Waals surface area contributed by atoms with E-state index < -0.39 is 0 Å². The van der Waals surface area contributed by atoms with Gasteiger partial charge >= 0.3 is 6.03 Å². The summed E-state index contributed by atoms with van der Waals surface area (Å²) in [5.41, 5.74) is 2.34. The van der Waals surface area contributed by atoms with Crippen molar-refractivity contribution in [1.29, 1.82) is 0 Å². The summed E-state index contributed by atoms with van der Waals surface area (Å²) in [5, 5.41) is 5.75. The molecular weight excluding hydrogens is 357 g/mol. The number of nitrogens with one attached hydrogen (secondary N) is 2. The highest BCUT2D eigenvalue weighted by Crippen LogP contribution is 2.18. The number of hydrogen-bond acceptors (Lipinski definition) is 2. The Morgan fingerprint density at radius 3 is 2.50 bits per heavy atom. The molecule has 2 aromatic rings. The number of unbranched alkanes of at least 4 members (excludes halogenated alkanes) is 1. The van der Waals surface area contributed by atoms with Crippen LogP contribution in [-0.4, -0.2) is 25.0 Å². The van der Waals surface area contributed by atoms with Crippen molar-refractivity contribution in [3.05, 3.63) is 59.9 Å². The summed E-state index contributed by atoms with van der Waals surface area (Å²) < 4.78 is 13.3. The van der Waals surface area contributed by atoms with Gasteiger partial charge in [-0.3, -0.25) is 9.69 Å². The van der Waals surface area contributed by atoms with Crippen LogP contribution in [0.15, 0.2) is 48.5 Å². The molecule has 0 saturated carbocycles. The van der Waals surface area contributed by atoms with E-state index >= 15 is 0 Å². The first-order valence-electron chi connectivity index (χ1n) is 9.67. The highest BCUT2D eigenvalue weighted by molar-refractivity contribution is 6.01. The maximum atomic E-state index is 13.3. The van der Waals surface area contributed by atoms with Crippen molar-refractivity contribution in [2.24, 2.45) is 0 Å². The third-order valence-electron chi connectivity index (χ3n) is 4.29. The smallest absolute Gasteiger partial charge is 0.326 e. The van der Waals surface area contributed by atoms with E-state index in [4.69, 9.17) is 0 Å². The molecule has 0 aliphatic heterocycles. The van der Waals surface area contributed by atoms with Gasteiger partial charge in [0.1, 0.15) is 5.82 Å². The molecule has 0 bridgehead atoms. The lowest BCUT2D eigenvalue weighted by Gasteiger charge is -2.23. The molecule has 5 nitrogen and oxygen atoms in total. The zero-order valence-electron chi connectivity index (χ0n) is 16.5. The Labute approximate surface area is 165 Å². The van der Waals surface area contributed by atoms with Gasteiger partial charge in [-0.15, -0.1) is 0 Å². The zero-order chi connectivity index (χ0) is 20.4. The Balaban J connectivity index is 1.99. The number of carbonyl (C=O) groups is 2. The Hall–Kier alpha value is -2.89. The molecule has 0 aromatic heterocycles. The van der Waals surface area contributed by atoms with Crippen LogP contribution in [0.1, 0.15) is 38.2 Å². The summed E-state index contributed by atoms with van der Waals surface area (Å²) in [6, 6.07) is 13.0. The molecule has 0 spiro atoms. The quantitative estimate of drug-likeness (QED) is 0.605. The van der Waals surface area contributed by atoms with Crippen LogP contribution in [0.3, 0.4) is 0 Å². The van der Waals surface area contributed by atoms with Crippen LogP contribution in [0.2, 0.25) is 0 Å². The second-order valence-electron chi connectivity index (χ2n) is 6.73. The molecule has 0 unspecified atom stereocenters. The van der Waals surface area contributed by atoms with Gasteiger partial charge in [0.05, 0.1) is 0 Å². The van der Waals surface area contributed by atoms with Gasteiger partial charge in [0.2, 0.25) is 5.91 Å². The molecule has 0 fully saturated rings. The van der Waals surface area contributed by atoms with Gasteiger partial charge in [-0.25, -0.2) is 9.18 Å². The second-order valence-corrected chi connectivity index (χ2v) is 6.73. The van der Waals surface area contributed by atoms with Crippen LogP contribution >= 0.6 is 0 Å². The number of hydrogen-bond donors (Lipinski definition) is 2. The molecule has 0 aliphatic rings. The van der Waals surface area contributed by atoms with Crippen molar-refractivity contribution >= 4 is 23.3 Å². The highest BCUT2D eigenvalue weighted by Gasteiger charge is 2.16. The first kappa shape index (κ1) is 21.4. The zero-order valence-corrected chi connectivity index (χ0v) is 16.5. The largest absolute Gasteiger partial charge is 0.356 e. The van der Waals surface area contributed by atoms with Crippen molar-refractivity contribution in [3.63, 3.8) is 0 Å². The van der Waals surface area contributed by atoms with E-state index in [0.717, 1.165) is 18.4 Å². The molecule has 6 heteroatoms. The number of nitrogens with zero attached hydrogens (tertiary/aromatic N) is 1. The second kappa shape index (κ2) is 11.1. The molecule has 0 heterocycles. The molecule has 28 heavy (non-hydrogen) atoms. The van der Waals surface area contributed by atoms with E-state index in [1.54, 1.807) is 17.0 Å². The van der Waals surface area contributed by atoms with Crippen LogP contribution in [0.4, 0.5) is 20.6 Å². The number of amides is 3. The number of aryl methyl sites for hydroxylation is 1. The lowest BCUT2D eigenvalue weighted by atomic mass is 10.2. The fraction of sp³-hybridized carbons (Fsp3) is 0.364. The van der Waals surface area contributed by atoms with Gasteiger partial charge in [-0.2, -0.15) is 0 Å². The third kappa shape index (κ3) is 7.02. The van der Waals surface area contributed by atoms with Gasteiger partial charge in [-0.1, -0.05) is 25.5 Å². The lowest BCUT2D eigenvalue weighted by molar-refractivity contribution is -0.121. The number of carbonyl (C=O) groups excluding carboxylic acids is 2. The Bertz CT molecular complexity index is 778. The van der Waals surface area contributed by atoms with Gasteiger partial charge < -0.3 is 10.6 Å². The first-order valence-corrected chi connectivity index (χ1v) is 9.67. The number of anilines is 2.